The Hall–Kier alpha value is -2.82. The van der Waals surface area contributed by atoms with Gasteiger partial charge in [0.2, 0.25) is 5.91 Å². The number of ether oxygens (including phenoxy) is 1. The van der Waals surface area contributed by atoms with Crippen LogP contribution in [0.5, 0.6) is 5.75 Å². The molecule has 0 aliphatic carbocycles. The number of fused-ring (bicyclic) bond motifs is 1. The number of anilines is 2. The number of para-hydroxylation sites is 3. The van der Waals surface area contributed by atoms with Crippen LogP contribution >= 0.6 is 0 Å². The molecule has 0 aromatic heterocycles. The summed E-state index contributed by atoms with van der Waals surface area (Å²) in [6.07, 6.45) is 0.249. The number of nitrogens with zero attached hydrogens (tertiary/aromatic N) is 2. The van der Waals surface area contributed by atoms with E-state index >= 15 is 0 Å². The van der Waals surface area contributed by atoms with Crippen LogP contribution in [0.1, 0.15) is 27.2 Å². The molecule has 0 bridgehead atoms. The van der Waals surface area contributed by atoms with Crippen molar-refractivity contribution in [1.29, 1.82) is 0 Å². The summed E-state index contributed by atoms with van der Waals surface area (Å²) in [4.78, 5) is 29.0. The van der Waals surface area contributed by atoms with Gasteiger partial charge < -0.3 is 14.5 Å². The van der Waals surface area contributed by atoms with Crippen molar-refractivity contribution in [1.82, 2.24) is 0 Å². The van der Waals surface area contributed by atoms with E-state index in [1.807, 2.05) is 61.5 Å². The van der Waals surface area contributed by atoms with E-state index in [9.17, 15) is 9.59 Å². The molecule has 1 aliphatic heterocycles. The highest BCUT2D eigenvalue weighted by Crippen LogP contribution is 2.37. The number of carbonyl (C=O) groups excluding carboxylic acids is 2. The summed E-state index contributed by atoms with van der Waals surface area (Å²) in [6, 6.07) is 17.0. The van der Waals surface area contributed by atoms with Crippen molar-refractivity contribution in [3.05, 3.63) is 54.6 Å². The fourth-order valence-electron chi connectivity index (χ4n) is 3.19. The van der Waals surface area contributed by atoms with Gasteiger partial charge in [0.25, 0.3) is 5.91 Å². The Morgan fingerprint density at radius 2 is 1.73 bits per heavy atom. The summed E-state index contributed by atoms with van der Waals surface area (Å²) in [5.74, 6) is 0.528. The molecule has 2 aromatic rings. The maximum Gasteiger partial charge on any atom is 0.270 e. The Morgan fingerprint density at radius 1 is 1.08 bits per heavy atom. The number of benzene rings is 2. The first kappa shape index (κ1) is 18.0. The zero-order valence-electron chi connectivity index (χ0n) is 15.4. The lowest BCUT2D eigenvalue weighted by atomic mass is 10.0. The summed E-state index contributed by atoms with van der Waals surface area (Å²) in [5, 5.41) is 0. The van der Waals surface area contributed by atoms with Crippen molar-refractivity contribution in [2.24, 2.45) is 0 Å². The van der Waals surface area contributed by atoms with Crippen molar-refractivity contribution >= 4 is 23.2 Å². The monoisotopic (exact) mass is 352 g/mol. The average molecular weight is 352 g/mol. The van der Waals surface area contributed by atoms with Gasteiger partial charge in [-0.1, -0.05) is 30.3 Å². The van der Waals surface area contributed by atoms with Crippen molar-refractivity contribution < 1.29 is 14.3 Å². The second-order valence-electron chi connectivity index (χ2n) is 6.76. The zero-order chi connectivity index (χ0) is 18.7. The van der Waals surface area contributed by atoms with Gasteiger partial charge in [-0.2, -0.15) is 0 Å². The van der Waals surface area contributed by atoms with Crippen LogP contribution in [0.4, 0.5) is 11.4 Å². The fourth-order valence-corrected chi connectivity index (χ4v) is 3.19. The van der Waals surface area contributed by atoms with Crippen molar-refractivity contribution in [2.45, 2.75) is 32.8 Å². The molecule has 0 saturated carbocycles. The van der Waals surface area contributed by atoms with Crippen LogP contribution in [0.3, 0.4) is 0 Å². The normalized spacial score (nSPS) is 15.2. The van der Waals surface area contributed by atoms with Crippen LogP contribution in [-0.4, -0.2) is 30.5 Å². The van der Waals surface area contributed by atoms with E-state index in [1.165, 1.54) is 0 Å². The van der Waals surface area contributed by atoms with Gasteiger partial charge in [-0.15, -0.1) is 0 Å². The molecule has 26 heavy (non-hydrogen) atoms. The van der Waals surface area contributed by atoms with Gasteiger partial charge in [0, 0.05) is 25.2 Å². The van der Waals surface area contributed by atoms with Crippen LogP contribution in [-0.2, 0) is 9.59 Å². The molecule has 1 aliphatic rings. The Balaban J connectivity index is 1.78. The van der Waals surface area contributed by atoms with E-state index in [2.05, 4.69) is 0 Å². The molecule has 0 atom stereocenters. The van der Waals surface area contributed by atoms with E-state index in [4.69, 9.17) is 4.74 Å². The Morgan fingerprint density at radius 3 is 2.42 bits per heavy atom. The number of amides is 2. The fraction of sp³-hybridized carbons (Fsp3) is 0.333. The molecule has 0 saturated heterocycles. The molecule has 1 heterocycles. The van der Waals surface area contributed by atoms with Gasteiger partial charge in [0.15, 0.2) is 5.60 Å². The Labute approximate surface area is 154 Å². The van der Waals surface area contributed by atoms with Crippen molar-refractivity contribution in [3.63, 3.8) is 0 Å². The Kier molecular flexibility index (Phi) is 4.98. The molecule has 3 rings (SSSR count). The van der Waals surface area contributed by atoms with E-state index in [0.717, 1.165) is 5.69 Å². The second-order valence-corrected chi connectivity index (χ2v) is 6.76. The summed E-state index contributed by atoms with van der Waals surface area (Å²) in [5.41, 5.74) is 0.641. The predicted molar refractivity (Wildman–Crippen MR) is 103 cm³/mol. The molecule has 2 aromatic carbocycles. The summed E-state index contributed by atoms with van der Waals surface area (Å²) >= 11 is 0. The van der Waals surface area contributed by atoms with Gasteiger partial charge >= 0.3 is 0 Å². The smallest absolute Gasteiger partial charge is 0.270 e. The van der Waals surface area contributed by atoms with Crippen LogP contribution in [0.25, 0.3) is 0 Å². The summed E-state index contributed by atoms with van der Waals surface area (Å²) in [7, 11) is 0. The molecule has 5 heteroatoms. The molecule has 5 nitrogen and oxygen atoms in total. The topological polar surface area (TPSA) is 49.9 Å². The lowest BCUT2D eigenvalue weighted by molar-refractivity contribution is -0.132. The SMILES string of the molecule is CCN(C(=O)CCN1C(=O)C(C)(C)Oc2ccccc21)c1ccccc1. The highest BCUT2D eigenvalue weighted by atomic mass is 16.5. The molecule has 2 amide bonds. The highest BCUT2D eigenvalue weighted by Gasteiger charge is 2.40. The van der Waals surface area contributed by atoms with Gasteiger partial charge in [0.1, 0.15) is 5.75 Å². The highest BCUT2D eigenvalue weighted by molar-refractivity contribution is 6.03. The van der Waals surface area contributed by atoms with Crippen LogP contribution in [0.15, 0.2) is 54.6 Å². The lowest BCUT2D eigenvalue weighted by Crippen LogP contribution is -2.53. The first-order chi connectivity index (χ1) is 12.4. The molecule has 136 valence electrons. The van der Waals surface area contributed by atoms with Crippen molar-refractivity contribution in [3.8, 4) is 5.75 Å². The molecular formula is C21H24N2O3. The van der Waals surface area contributed by atoms with Crippen LogP contribution < -0.4 is 14.5 Å². The largest absolute Gasteiger partial charge is 0.476 e. The predicted octanol–water partition coefficient (Wildman–Crippen LogP) is 3.63. The minimum Gasteiger partial charge on any atom is -0.476 e. The number of hydrogen-bond donors (Lipinski definition) is 0. The van der Waals surface area contributed by atoms with E-state index in [0.29, 0.717) is 24.5 Å². The van der Waals surface area contributed by atoms with E-state index < -0.39 is 5.60 Å². The first-order valence-corrected chi connectivity index (χ1v) is 8.89. The quantitative estimate of drug-likeness (QED) is 0.826. The third-order valence-electron chi connectivity index (χ3n) is 4.52. The number of rotatable bonds is 5. The van der Waals surface area contributed by atoms with Gasteiger partial charge in [-0.3, -0.25) is 9.59 Å². The average Bonchev–Trinajstić information content (AvgIpc) is 2.63. The number of hydrogen-bond acceptors (Lipinski definition) is 3. The molecular weight excluding hydrogens is 328 g/mol. The summed E-state index contributed by atoms with van der Waals surface area (Å²) in [6.45, 7) is 6.36. The summed E-state index contributed by atoms with van der Waals surface area (Å²) < 4.78 is 5.82. The zero-order valence-corrected chi connectivity index (χ0v) is 15.4. The lowest BCUT2D eigenvalue weighted by Gasteiger charge is -2.38. The van der Waals surface area contributed by atoms with Gasteiger partial charge in [0.05, 0.1) is 5.69 Å². The molecule has 0 unspecified atom stereocenters. The van der Waals surface area contributed by atoms with Crippen LogP contribution in [0, 0.1) is 0 Å². The standard InChI is InChI=1S/C21H24N2O3/c1-4-22(16-10-6-5-7-11-16)19(24)14-15-23-17-12-8-9-13-18(17)26-21(2,3)20(23)25/h5-13H,4,14-15H2,1-3H3. The third-order valence-corrected chi connectivity index (χ3v) is 4.52. The van der Waals surface area contributed by atoms with E-state index in [-0.39, 0.29) is 18.2 Å². The molecule has 0 N–H and O–H groups in total. The maximum atomic E-state index is 12.8. The molecule has 0 radical (unpaired) electrons. The molecule has 0 spiro atoms. The molecule has 0 fully saturated rings. The maximum absolute atomic E-state index is 12.8. The Bertz CT molecular complexity index is 802. The third kappa shape index (κ3) is 3.43. The first-order valence-electron chi connectivity index (χ1n) is 8.89. The minimum absolute atomic E-state index is 0.00622. The van der Waals surface area contributed by atoms with E-state index in [1.54, 1.807) is 23.6 Å². The van der Waals surface area contributed by atoms with Gasteiger partial charge in [-0.05, 0) is 45.0 Å². The van der Waals surface area contributed by atoms with Gasteiger partial charge in [-0.25, -0.2) is 0 Å². The van der Waals surface area contributed by atoms with Crippen LogP contribution in [0.2, 0.25) is 0 Å². The second kappa shape index (κ2) is 7.20. The number of carbonyl (C=O) groups is 2. The van der Waals surface area contributed by atoms with Crippen molar-refractivity contribution in [2.75, 3.05) is 22.9 Å². The minimum atomic E-state index is -0.943.